The van der Waals surface area contributed by atoms with Crippen molar-refractivity contribution in [3.05, 3.63) is 23.1 Å². The van der Waals surface area contributed by atoms with Gasteiger partial charge in [-0.3, -0.25) is 9.59 Å². The van der Waals surface area contributed by atoms with Gasteiger partial charge in [0, 0.05) is 24.2 Å². The zero-order valence-electron chi connectivity index (χ0n) is 12.1. The van der Waals surface area contributed by atoms with Gasteiger partial charge in [-0.2, -0.15) is 0 Å². The number of rotatable bonds is 4. The Kier molecular flexibility index (Phi) is 4.32. The third-order valence-electron chi connectivity index (χ3n) is 3.14. The summed E-state index contributed by atoms with van der Waals surface area (Å²) < 4.78 is 6.04. The number of carbonyl (C=O) groups excluding carboxylic acids is 2. The fourth-order valence-corrected chi connectivity index (χ4v) is 3.07. The van der Waals surface area contributed by atoms with Crippen molar-refractivity contribution in [2.24, 2.45) is 0 Å². The summed E-state index contributed by atoms with van der Waals surface area (Å²) in [6.45, 7) is -0.00760. The lowest BCUT2D eigenvalue weighted by atomic mass is 10.2. The first-order chi connectivity index (χ1) is 9.97. The number of anilines is 1. The van der Waals surface area contributed by atoms with E-state index < -0.39 is 0 Å². The van der Waals surface area contributed by atoms with Gasteiger partial charge in [-0.25, -0.2) is 0 Å². The highest BCUT2D eigenvalue weighted by molar-refractivity contribution is 7.21. The van der Waals surface area contributed by atoms with Crippen molar-refractivity contribution in [3.8, 4) is 5.75 Å². The number of fused-ring (bicyclic) bond motifs is 1. The molecule has 2 aromatic rings. The Labute approximate surface area is 126 Å². The molecule has 0 saturated heterocycles. The number of amides is 2. The minimum absolute atomic E-state index is 0.00760. The number of ether oxygens (including phenoxy) is 1. The third-order valence-corrected chi connectivity index (χ3v) is 4.29. The summed E-state index contributed by atoms with van der Waals surface area (Å²) in [6.07, 6.45) is 0. The summed E-state index contributed by atoms with van der Waals surface area (Å²) in [5, 5.41) is 3.30. The summed E-state index contributed by atoms with van der Waals surface area (Å²) >= 11 is 1.30. The van der Waals surface area contributed by atoms with Gasteiger partial charge in [0.2, 0.25) is 5.91 Å². The van der Waals surface area contributed by atoms with Gasteiger partial charge in [0.1, 0.15) is 10.6 Å². The average Bonchev–Trinajstić information content (AvgIpc) is 2.82. The topological polar surface area (TPSA) is 84.7 Å². The number of carbonyl (C=O) groups is 2. The molecule has 0 aliphatic rings. The molecule has 112 valence electrons. The van der Waals surface area contributed by atoms with Crippen LogP contribution in [0.25, 0.3) is 10.1 Å². The molecular formula is C14H17N3O3S. The van der Waals surface area contributed by atoms with Crippen LogP contribution in [-0.2, 0) is 4.79 Å². The van der Waals surface area contributed by atoms with E-state index in [1.807, 2.05) is 12.1 Å². The van der Waals surface area contributed by atoms with E-state index in [0.29, 0.717) is 16.3 Å². The van der Waals surface area contributed by atoms with E-state index in [2.05, 4.69) is 5.32 Å². The summed E-state index contributed by atoms with van der Waals surface area (Å²) in [5.41, 5.74) is 6.49. The predicted octanol–water partition coefficient (Wildman–Crippen LogP) is 1.31. The average molecular weight is 307 g/mol. The number of nitrogen functional groups attached to an aromatic ring is 1. The number of nitrogens with zero attached hydrogens (tertiary/aromatic N) is 1. The number of likely N-dealkylation sites (N-methyl/N-ethyl adjacent to an activating group) is 2. The molecule has 0 aliphatic carbocycles. The first-order valence-corrected chi connectivity index (χ1v) is 7.11. The van der Waals surface area contributed by atoms with Gasteiger partial charge < -0.3 is 20.7 Å². The van der Waals surface area contributed by atoms with Crippen molar-refractivity contribution in [1.82, 2.24) is 10.2 Å². The molecule has 21 heavy (non-hydrogen) atoms. The SMILES string of the molecule is CNC(=O)CN(C)C(=O)c1sc2cc(OC)ccc2c1N. The van der Waals surface area contributed by atoms with Crippen molar-refractivity contribution in [2.45, 2.75) is 0 Å². The summed E-state index contributed by atoms with van der Waals surface area (Å²) in [7, 11) is 4.68. The van der Waals surface area contributed by atoms with E-state index in [9.17, 15) is 9.59 Å². The second kappa shape index (κ2) is 6.01. The van der Waals surface area contributed by atoms with E-state index in [1.54, 1.807) is 20.2 Å². The van der Waals surface area contributed by atoms with Gasteiger partial charge in [0.25, 0.3) is 5.91 Å². The summed E-state index contributed by atoms with van der Waals surface area (Å²) in [4.78, 5) is 25.5. The van der Waals surface area contributed by atoms with Crippen molar-refractivity contribution in [1.29, 1.82) is 0 Å². The Morgan fingerprint density at radius 1 is 1.43 bits per heavy atom. The molecule has 6 nitrogen and oxygen atoms in total. The zero-order valence-corrected chi connectivity index (χ0v) is 12.9. The molecule has 0 aliphatic heterocycles. The first-order valence-electron chi connectivity index (χ1n) is 6.30. The van der Waals surface area contributed by atoms with Crippen LogP contribution in [-0.4, -0.2) is 44.5 Å². The van der Waals surface area contributed by atoms with Gasteiger partial charge in [-0.1, -0.05) is 0 Å². The van der Waals surface area contributed by atoms with Crippen LogP contribution in [0.1, 0.15) is 9.67 Å². The lowest BCUT2D eigenvalue weighted by molar-refractivity contribution is -0.121. The molecule has 2 amide bonds. The number of benzene rings is 1. The van der Waals surface area contributed by atoms with E-state index in [-0.39, 0.29) is 18.4 Å². The van der Waals surface area contributed by atoms with Gasteiger partial charge >= 0.3 is 0 Å². The molecule has 7 heteroatoms. The van der Waals surface area contributed by atoms with Crippen LogP contribution in [0.3, 0.4) is 0 Å². The van der Waals surface area contributed by atoms with Crippen LogP contribution >= 0.6 is 11.3 Å². The van der Waals surface area contributed by atoms with Crippen molar-refractivity contribution in [3.63, 3.8) is 0 Å². The molecule has 1 heterocycles. The highest BCUT2D eigenvalue weighted by Crippen LogP contribution is 2.36. The second-order valence-electron chi connectivity index (χ2n) is 4.54. The Bertz CT molecular complexity index is 696. The van der Waals surface area contributed by atoms with Crippen molar-refractivity contribution >= 4 is 38.9 Å². The van der Waals surface area contributed by atoms with Crippen LogP contribution in [0.5, 0.6) is 5.75 Å². The molecule has 3 N–H and O–H groups in total. The molecule has 0 radical (unpaired) electrons. The maximum atomic E-state index is 12.4. The Hall–Kier alpha value is -2.28. The van der Waals surface area contributed by atoms with Gasteiger partial charge in [-0.15, -0.1) is 11.3 Å². The highest BCUT2D eigenvalue weighted by atomic mass is 32.1. The number of hydrogen-bond acceptors (Lipinski definition) is 5. The van der Waals surface area contributed by atoms with Gasteiger partial charge in [0.15, 0.2) is 0 Å². The van der Waals surface area contributed by atoms with E-state index in [1.165, 1.54) is 23.3 Å². The molecule has 0 atom stereocenters. The number of nitrogens with one attached hydrogen (secondary N) is 1. The van der Waals surface area contributed by atoms with Crippen LogP contribution in [0.4, 0.5) is 5.69 Å². The molecule has 0 unspecified atom stereocenters. The van der Waals surface area contributed by atoms with Crippen LogP contribution in [0, 0.1) is 0 Å². The van der Waals surface area contributed by atoms with Gasteiger partial charge in [0.05, 0.1) is 19.3 Å². The molecule has 2 rings (SSSR count). The van der Waals surface area contributed by atoms with E-state index in [4.69, 9.17) is 10.5 Å². The van der Waals surface area contributed by atoms with Crippen LogP contribution in [0.15, 0.2) is 18.2 Å². The monoisotopic (exact) mass is 307 g/mol. The van der Waals surface area contributed by atoms with E-state index >= 15 is 0 Å². The molecule has 1 aromatic carbocycles. The fourth-order valence-electron chi connectivity index (χ4n) is 1.92. The van der Waals surface area contributed by atoms with Crippen LogP contribution < -0.4 is 15.8 Å². The molecule has 0 spiro atoms. The molecule has 0 bridgehead atoms. The zero-order chi connectivity index (χ0) is 15.6. The van der Waals surface area contributed by atoms with Crippen molar-refractivity contribution < 1.29 is 14.3 Å². The van der Waals surface area contributed by atoms with Gasteiger partial charge in [-0.05, 0) is 18.2 Å². The Morgan fingerprint density at radius 2 is 2.14 bits per heavy atom. The third kappa shape index (κ3) is 2.92. The smallest absolute Gasteiger partial charge is 0.266 e. The molecule has 0 fully saturated rings. The van der Waals surface area contributed by atoms with E-state index in [0.717, 1.165) is 10.1 Å². The molecular weight excluding hydrogens is 290 g/mol. The minimum atomic E-state index is -0.267. The predicted molar refractivity (Wildman–Crippen MR) is 83.8 cm³/mol. The fraction of sp³-hybridized carbons (Fsp3) is 0.286. The quantitative estimate of drug-likeness (QED) is 0.892. The number of nitrogens with two attached hydrogens (primary N) is 1. The second-order valence-corrected chi connectivity index (χ2v) is 5.59. The Balaban J connectivity index is 2.35. The minimum Gasteiger partial charge on any atom is -0.497 e. The largest absolute Gasteiger partial charge is 0.497 e. The highest BCUT2D eigenvalue weighted by Gasteiger charge is 2.21. The lowest BCUT2D eigenvalue weighted by Crippen LogP contribution is -2.36. The summed E-state index contributed by atoms with van der Waals surface area (Å²) in [6, 6.07) is 5.47. The summed E-state index contributed by atoms with van der Waals surface area (Å²) in [5.74, 6) is 0.213. The van der Waals surface area contributed by atoms with Crippen LogP contribution in [0.2, 0.25) is 0 Å². The number of hydrogen-bond donors (Lipinski definition) is 2. The lowest BCUT2D eigenvalue weighted by Gasteiger charge is -2.15. The van der Waals surface area contributed by atoms with Crippen molar-refractivity contribution in [2.75, 3.05) is 33.5 Å². The number of methoxy groups -OCH3 is 1. The maximum absolute atomic E-state index is 12.4. The maximum Gasteiger partial charge on any atom is 0.266 e. The standard InChI is InChI=1S/C14H17N3O3S/c1-16-11(18)7-17(2)14(19)13-12(15)9-5-4-8(20-3)6-10(9)21-13/h4-6H,7,15H2,1-3H3,(H,16,18). The Morgan fingerprint density at radius 3 is 2.76 bits per heavy atom. The normalized spacial score (nSPS) is 10.4. The molecule has 1 aromatic heterocycles. The first kappa shape index (κ1) is 15.1. The molecule has 0 saturated carbocycles. The number of thiophene rings is 1.